The van der Waals surface area contributed by atoms with Crippen LogP contribution >= 0.6 is 0 Å². The molecule has 0 radical (unpaired) electrons. The Morgan fingerprint density at radius 1 is 1.20 bits per heavy atom. The first-order valence-corrected chi connectivity index (χ1v) is 4.06. The molecule has 0 aromatic rings. The van der Waals surface area contributed by atoms with Crippen LogP contribution in [0.15, 0.2) is 0 Å². The molecular weight excluding hydrogens is 215 g/mol. The summed E-state index contributed by atoms with van der Waals surface area (Å²) in [6, 6.07) is -2.86. The van der Waals surface area contributed by atoms with Gasteiger partial charge in [0.2, 0.25) is 11.9 Å². The van der Waals surface area contributed by atoms with E-state index in [0.29, 0.717) is 0 Å². The molecule has 7 heteroatoms. The lowest BCUT2D eigenvalue weighted by Crippen LogP contribution is -2.53. The van der Waals surface area contributed by atoms with Crippen LogP contribution in [-0.4, -0.2) is 29.2 Å². The second-order valence-corrected chi connectivity index (χ2v) is 4.04. The normalized spacial score (nSPS) is 14.5. The monoisotopic (exact) mass is 227 g/mol. The maximum atomic E-state index is 12.1. The molecule has 0 aliphatic carbocycles. The molecule has 0 saturated carbocycles. The Hall–Kier alpha value is -1.27. The van der Waals surface area contributed by atoms with Crippen LogP contribution in [0, 0.1) is 5.41 Å². The molecule has 1 amide bonds. The van der Waals surface area contributed by atoms with Crippen LogP contribution in [0.1, 0.15) is 20.8 Å². The highest BCUT2D eigenvalue weighted by atomic mass is 19.4. The average molecular weight is 227 g/mol. The molecule has 0 aliphatic rings. The number of carboxylic acid groups (broad SMARTS) is 1. The Bertz CT molecular complexity index is 267. The van der Waals surface area contributed by atoms with E-state index in [0.717, 1.165) is 0 Å². The van der Waals surface area contributed by atoms with Gasteiger partial charge in [-0.1, -0.05) is 20.8 Å². The fraction of sp³-hybridized carbons (Fsp3) is 0.750. The molecule has 0 fully saturated rings. The summed E-state index contributed by atoms with van der Waals surface area (Å²) in [7, 11) is 0. The van der Waals surface area contributed by atoms with Crippen LogP contribution in [0.25, 0.3) is 0 Å². The lowest BCUT2D eigenvalue weighted by atomic mass is 9.95. The van der Waals surface area contributed by atoms with E-state index in [1.54, 1.807) is 0 Å². The van der Waals surface area contributed by atoms with Crippen molar-refractivity contribution in [3.63, 3.8) is 0 Å². The van der Waals surface area contributed by atoms with Gasteiger partial charge in [0.15, 0.2) is 0 Å². The molecule has 15 heavy (non-hydrogen) atoms. The molecule has 0 aromatic heterocycles. The summed E-state index contributed by atoms with van der Waals surface area (Å²) < 4.78 is 36.4. The molecule has 0 aliphatic heterocycles. The van der Waals surface area contributed by atoms with Crippen molar-refractivity contribution >= 4 is 11.9 Å². The topological polar surface area (TPSA) is 66.4 Å². The van der Waals surface area contributed by atoms with Gasteiger partial charge in [0.1, 0.15) is 0 Å². The standard InChI is InChI=1S/C8H12F3NO3/c1-7(2,3)6(15)12-4(5(13)14)8(9,10)11/h4H,1-3H3,(H,12,15)(H,13,14). The molecule has 0 saturated heterocycles. The quantitative estimate of drug-likeness (QED) is 0.744. The number of halogens is 3. The van der Waals surface area contributed by atoms with Gasteiger partial charge in [-0.25, -0.2) is 4.79 Å². The molecular formula is C8H12F3NO3. The maximum absolute atomic E-state index is 12.1. The largest absolute Gasteiger partial charge is 0.479 e. The van der Waals surface area contributed by atoms with Gasteiger partial charge in [0.25, 0.3) is 0 Å². The Labute approximate surface area is 84.5 Å². The highest BCUT2D eigenvalue weighted by Crippen LogP contribution is 2.22. The van der Waals surface area contributed by atoms with Crippen molar-refractivity contribution in [3.05, 3.63) is 0 Å². The van der Waals surface area contributed by atoms with Crippen LogP contribution in [0.3, 0.4) is 0 Å². The molecule has 0 bridgehead atoms. The fourth-order valence-corrected chi connectivity index (χ4v) is 0.631. The number of carboxylic acids is 1. The number of hydrogen-bond acceptors (Lipinski definition) is 2. The lowest BCUT2D eigenvalue weighted by Gasteiger charge is -2.23. The third-order valence-electron chi connectivity index (χ3n) is 1.53. The van der Waals surface area contributed by atoms with Gasteiger partial charge >= 0.3 is 12.1 Å². The fourth-order valence-electron chi connectivity index (χ4n) is 0.631. The predicted octanol–water partition coefficient (Wildman–Crippen LogP) is 1.16. The molecule has 0 spiro atoms. The first-order valence-electron chi connectivity index (χ1n) is 4.06. The van der Waals surface area contributed by atoms with Crippen molar-refractivity contribution in [2.45, 2.75) is 33.0 Å². The molecule has 0 rings (SSSR count). The summed E-state index contributed by atoms with van der Waals surface area (Å²) in [4.78, 5) is 21.4. The van der Waals surface area contributed by atoms with Crippen molar-refractivity contribution in [3.8, 4) is 0 Å². The van der Waals surface area contributed by atoms with Gasteiger partial charge in [-0.15, -0.1) is 0 Å². The SMILES string of the molecule is CC(C)(C)C(=O)NC(C(=O)O)C(F)(F)F. The number of carbonyl (C=O) groups is 2. The highest BCUT2D eigenvalue weighted by Gasteiger charge is 2.47. The molecule has 4 nitrogen and oxygen atoms in total. The zero-order valence-corrected chi connectivity index (χ0v) is 8.47. The number of amides is 1. The molecule has 0 heterocycles. The van der Waals surface area contributed by atoms with E-state index < -0.39 is 29.5 Å². The number of carbonyl (C=O) groups excluding carboxylic acids is 1. The summed E-state index contributed by atoms with van der Waals surface area (Å²) in [6.45, 7) is 4.16. The smallest absolute Gasteiger partial charge is 0.419 e. The zero-order valence-electron chi connectivity index (χ0n) is 8.47. The van der Waals surface area contributed by atoms with E-state index in [9.17, 15) is 22.8 Å². The van der Waals surface area contributed by atoms with Gasteiger partial charge in [-0.3, -0.25) is 4.79 Å². The van der Waals surface area contributed by atoms with Crippen LogP contribution in [0.5, 0.6) is 0 Å². The van der Waals surface area contributed by atoms with E-state index in [2.05, 4.69) is 0 Å². The van der Waals surface area contributed by atoms with Crippen LogP contribution in [0.2, 0.25) is 0 Å². The first kappa shape index (κ1) is 13.7. The van der Waals surface area contributed by atoms with E-state index in [4.69, 9.17) is 5.11 Å². The van der Waals surface area contributed by atoms with Crippen molar-refractivity contribution in [2.24, 2.45) is 5.41 Å². The number of nitrogens with one attached hydrogen (secondary N) is 1. The Morgan fingerprint density at radius 3 is 1.80 bits per heavy atom. The van der Waals surface area contributed by atoms with E-state index in [1.165, 1.54) is 26.1 Å². The van der Waals surface area contributed by atoms with Gasteiger partial charge in [0.05, 0.1) is 0 Å². The third kappa shape index (κ3) is 4.18. The van der Waals surface area contributed by atoms with Crippen LogP contribution < -0.4 is 5.32 Å². The van der Waals surface area contributed by atoms with Gasteiger partial charge in [-0.05, 0) is 0 Å². The average Bonchev–Trinajstić information content (AvgIpc) is 1.94. The number of rotatable bonds is 2. The minimum atomic E-state index is -4.99. The van der Waals surface area contributed by atoms with Gasteiger partial charge in [-0.2, -0.15) is 13.2 Å². The minimum absolute atomic E-state index is 0.966. The third-order valence-corrected chi connectivity index (χ3v) is 1.53. The summed E-state index contributed by atoms with van der Waals surface area (Å²) in [5.41, 5.74) is -1.07. The van der Waals surface area contributed by atoms with Gasteiger partial charge < -0.3 is 10.4 Å². The minimum Gasteiger partial charge on any atom is -0.479 e. The number of hydrogen-bond donors (Lipinski definition) is 2. The van der Waals surface area contributed by atoms with Crippen molar-refractivity contribution in [1.29, 1.82) is 0 Å². The number of aliphatic carboxylic acids is 1. The molecule has 1 unspecified atom stereocenters. The maximum Gasteiger partial charge on any atom is 0.419 e. The van der Waals surface area contributed by atoms with Gasteiger partial charge in [0, 0.05) is 5.41 Å². The van der Waals surface area contributed by atoms with E-state index in [-0.39, 0.29) is 0 Å². The second-order valence-electron chi connectivity index (χ2n) is 4.04. The molecule has 1 atom stereocenters. The molecule has 0 aromatic carbocycles. The van der Waals surface area contributed by atoms with Crippen LogP contribution in [-0.2, 0) is 9.59 Å². The zero-order chi connectivity index (χ0) is 12.4. The Balaban J connectivity index is 4.74. The van der Waals surface area contributed by atoms with Crippen molar-refractivity contribution in [2.75, 3.05) is 0 Å². The predicted molar refractivity (Wildman–Crippen MR) is 45.1 cm³/mol. The number of alkyl halides is 3. The Kier molecular flexibility index (Phi) is 3.73. The highest BCUT2D eigenvalue weighted by molar-refractivity contribution is 5.87. The van der Waals surface area contributed by atoms with E-state index in [1.807, 2.05) is 0 Å². The summed E-state index contributed by atoms with van der Waals surface area (Å²) in [6.07, 6.45) is -4.99. The summed E-state index contributed by atoms with van der Waals surface area (Å²) in [5, 5.41) is 9.72. The molecule has 2 N–H and O–H groups in total. The van der Waals surface area contributed by atoms with Crippen molar-refractivity contribution < 1.29 is 27.9 Å². The molecule has 88 valence electrons. The summed E-state index contributed by atoms with van der Waals surface area (Å²) >= 11 is 0. The summed E-state index contributed by atoms with van der Waals surface area (Å²) in [5.74, 6) is -3.09. The van der Waals surface area contributed by atoms with E-state index >= 15 is 0 Å². The first-order chi connectivity index (χ1) is 6.46. The Morgan fingerprint density at radius 2 is 1.60 bits per heavy atom. The van der Waals surface area contributed by atoms with Crippen molar-refractivity contribution in [1.82, 2.24) is 5.32 Å². The lowest BCUT2D eigenvalue weighted by molar-refractivity contribution is -0.183. The second kappa shape index (κ2) is 4.08. The van der Waals surface area contributed by atoms with Crippen LogP contribution in [0.4, 0.5) is 13.2 Å².